The SMILES string of the molecule is COc1cc(CN(C)CC2CC(c3cc(C)cc(C)c3)c3ccccc3O2)ccc1F. The minimum Gasteiger partial charge on any atom is -0.494 e. The molecule has 4 rings (SSSR count). The third-order valence-electron chi connectivity index (χ3n) is 5.92. The van der Waals surface area contributed by atoms with Gasteiger partial charge >= 0.3 is 0 Å². The molecule has 2 atom stereocenters. The van der Waals surface area contributed by atoms with Crippen LogP contribution in [0.3, 0.4) is 0 Å². The van der Waals surface area contributed by atoms with Gasteiger partial charge in [0.25, 0.3) is 0 Å². The van der Waals surface area contributed by atoms with E-state index in [1.54, 1.807) is 6.07 Å². The Kier molecular flexibility index (Phi) is 6.28. The Morgan fingerprint density at radius 1 is 1.03 bits per heavy atom. The molecule has 1 heterocycles. The van der Waals surface area contributed by atoms with Crippen LogP contribution in [0.5, 0.6) is 11.5 Å². The number of benzene rings is 3. The monoisotopic (exact) mass is 419 g/mol. The first-order chi connectivity index (χ1) is 14.9. The first kappa shape index (κ1) is 21.4. The topological polar surface area (TPSA) is 21.7 Å². The molecule has 1 aliphatic rings. The highest BCUT2D eigenvalue weighted by Gasteiger charge is 2.30. The molecule has 0 saturated carbocycles. The highest BCUT2D eigenvalue weighted by molar-refractivity contribution is 5.45. The van der Waals surface area contributed by atoms with Crippen molar-refractivity contribution in [3.63, 3.8) is 0 Å². The quantitative estimate of drug-likeness (QED) is 0.499. The summed E-state index contributed by atoms with van der Waals surface area (Å²) in [6.07, 6.45) is 1.00. The van der Waals surface area contributed by atoms with E-state index in [1.165, 1.54) is 35.4 Å². The van der Waals surface area contributed by atoms with Crippen molar-refractivity contribution in [2.24, 2.45) is 0 Å². The Hall–Kier alpha value is -2.85. The number of fused-ring (bicyclic) bond motifs is 1. The van der Waals surface area contributed by atoms with Gasteiger partial charge in [-0.1, -0.05) is 53.6 Å². The molecule has 0 bridgehead atoms. The summed E-state index contributed by atoms with van der Waals surface area (Å²) < 4.78 is 25.2. The predicted octanol–water partition coefficient (Wildman–Crippen LogP) is 5.87. The van der Waals surface area contributed by atoms with Crippen LogP contribution < -0.4 is 9.47 Å². The highest BCUT2D eigenvalue weighted by atomic mass is 19.1. The average molecular weight is 420 g/mol. The van der Waals surface area contributed by atoms with Gasteiger partial charge in [-0.15, -0.1) is 0 Å². The zero-order chi connectivity index (χ0) is 22.0. The lowest BCUT2D eigenvalue weighted by Crippen LogP contribution is -2.36. The maximum absolute atomic E-state index is 13.7. The van der Waals surface area contributed by atoms with Crippen molar-refractivity contribution in [2.45, 2.75) is 38.8 Å². The summed E-state index contributed by atoms with van der Waals surface area (Å²) in [5, 5.41) is 0. The van der Waals surface area contributed by atoms with E-state index < -0.39 is 0 Å². The Balaban J connectivity index is 1.53. The van der Waals surface area contributed by atoms with Crippen molar-refractivity contribution >= 4 is 0 Å². The van der Waals surface area contributed by atoms with Gasteiger partial charge in [-0.2, -0.15) is 0 Å². The van der Waals surface area contributed by atoms with Gasteiger partial charge in [0.2, 0.25) is 0 Å². The molecule has 0 spiro atoms. The highest BCUT2D eigenvalue weighted by Crippen LogP contribution is 2.41. The number of methoxy groups -OCH3 is 1. The minimum absolute atomic E-state index is 0.0769. The lowest BCUT2D eigenvalue weighted by atomic mass is 9.83. The number of nitrogens with zero attached hydrogens (tertiary/aromatic N) is 1. The molecule has 3 aromatic carbocycles. The summed E-state index contributed by atoms with van der Waals surface area (Å²) >= 11 is 0. The van der Waals surface area contributed by atoms with Crippen molar-refractivity contribution < 1.29 is 13.9 Å². The molecule has 0 N–H and O–H groups in total. The van der Waals surface area contributed by atoms with Gasteiger partial charge in [-0.25, -0.2) is 4.39 Å². The van der Waals surface area contributed by atoms with Gasteiger partial charge < -0.3 is 9.47 Å². The van der Waals surface area contributed by atoms with Crippen LogP contribution in [-0.2, 0) is 6.54 Å². The fraction of sp³-hybridized carbons (Fsp3) is 0.333. The van der Waals surface area contributed by atoms with E-state index >= 15 is 0 Å². The molecule has 4 heteroatoms. The minimum atomic E-state index is -0.336. The van der Waals surface area contributed by atoms with Gasteiger partial charge in [0.15, 0.2) is 11.6 Å². The molecule has 0 aromatic heterocycles. The molecule has 0 aliphatic carbocycles. The fourth-order valence-corrected chi connectivity index (χ4v) is 4.66. The van der Waals surface area contributed by atoms with Crippen LogP contribution in [0.1, 0.15) is 40.2 Å². The zero-order valence-electron chi connectivity index (χ0n) is 18.7. The fourth-order valence-electron chi connectivity index (χ4n) is 4.66. The normalized spacial score (nSPS) is 17.9. The molecule has 3 aromatic rings. The van der Waals surface area contributed by atoms with Crippen LogP contribution in [-0.4, -0.2) is 31.7 Å². The smallest absolute Gasteiger partial charge is 0.165 e. The second-order valence-electron chi connectivity index (χ2n) is 8.65. The second kappa shape index (κ2) is 9.11. The van der Waals surface area contributed by atoms with Crippen molar-refractivity contribution in [3.8, 4) is 11.5 Å². The molecular formula is C27H30FNO2. The Morgan fingerprint density at radius 3 is 2.52 bits per heavy atom. The van der Waals surface area contributed by atoms with E-state index in [0.717, 1.165) is 24.3 Å². The number of ether oxygens (including phenoxy) is 2. The molecule has 2 unspecified atom stereocenters. The molecule has 162 valence electrons. The molecule has 0 fully saturated rings. The third kappa shape index (κ3) is 4.91. The van der Waals surface area contributed by atoms with E-state index in [0.29, 0.717) is 12.5 Å². The molecule has 0 radical (unpaired) electrons. The first-order valence-electron chi connectivity index (χ1n) is 10.8. The van der Waals surface area contributed by atoms with Gasteiger partial charge in [0.1, 0.15) is 11.9 Å². The predicted molar refractivity (Wildman–Crippen MR) is 123 cm³/mol. The van der Waals surface area contributed by atoms with E-state index in [-0.39, 0.29) is 17.7 Å². The van der Waals surface area contributed by atoms with Crippen molar-refractivity contribution in [3.05, 3.63) is 94.3 Å². The van der Waals surface area contributed by atoms with Gasteiger partial charge in [-0.05, 0) is 56.6 Å². The van der Waals surface area contributed by atoms with E-state index in [1.807, 2.05) is 12.1 Å². The van der Waals surface area contributed by atoms with Crippen molar-refractivity contribution in [2.75, 3.05) is 20.7 Å². The lowest BCUT2D eigenvalue weighted by molar-refractivity contribution is 0.118. The summed E-state index contributed by atoms with van der Waals surface area (Å²) in [5.41, 5.74) is 6.21. The molecular weight excluding hydrogens is 389 g/mol. The Labute approximate surface area is 184 Å². The standard InChI is InChI=1S/C27H30FNO2/c1-18-11-19(2)13-21(12-18)24-15-22(31-26-8-6-5-7-23(24)26)17-29(3)16-20-9-10-25(28)27(14-20)30-4/h5-14,22,24H,15-17H2,1-4H3. The molecule has 3 nitrogen and oxygen atoms in total. The van der Waals surface area contributed by atoms with Gasteiger partial charge in [0.05, 0.1) is 7.11 Å². The van der Waals surface area contributed by atoms with Crippen molar-refractivity contribution in [1.29, 1.82) is 0 Å². The summed E-state index contributed by atoms with van der Waals surface area (Å²) in [4.78, 5) is 2.23. The number of hydrogen-bond acceptors (Lipinski definition) is 3. The Morgan fingerprint density at radius 2 is 1.77 bits per heavy atom. The average Bonchev–Trinajstić information content (AvgIpc) is 2.73. The summed E-state index contributed by atoms with van der Waals surface area (Å²) in [5.74, 6) is 1.23. The number of likely N-dealkylation sites (N-methyl/N-ethyl adjacent to an activating group) is 1. The number of hydrogen-bond donors (Lipinski definition) is 0. The van der Waals surface area contributed by atoms with E-state index in [9.17, 15) is 4.39 Å². The summed E-state index contributed by atoms with van der Waals surface area (Å²) in [7, 11) is 3.57. The van der Waals surface area contributed by atoms with Gasteiger partial charge in [-0.3, -0.25) is 4.90 Å². The van der Waals surface area contributed by atoms with Crippen LogP contribution in [0.15, 0.2) is 60.7 Å². The number of para-hydroxylation sites is 1. The van der Waals surface area contributed by atoms with E-state index in [4.69, 9.17) is 9.47 Å². The largest absolute Gasteiger partial charge is 0.494 e. The zero-order valence-corrected chi connectivity index (χ0v) is 18.7. The van der Waals surface area contributed by atoms with E-state index in [2.05, 4.69) is 62.2 Å². The van der Waals surface area contributed by atoms with Crippen molar-refractivity contribution in [1.82, 2.24) is 4.90 Å². The molecule has 0 saturated heterocycles. The van der Waals surface area contributed by atoms with Crippen LogP contribution >= 0.6 is 0 Å². The summed E-state index contributed by atoms with van der Waals surface area (Å²) in [6.45, 7) is 5.80. The van der Waals surface area contributed by atoms with Crippen LogP contribution in [0, 0.1) is 19.7 Å². The third-order valence-corrected chi connectivity index (χ3v) is 5.92. The number of rotatable bonds is 6. The number of aryl methyl sites for hydroxylation is 2. The number of halogens is 1. The molecule has 1 aliphatic heterocycles. The lowest BCUT2D eigenvalue weighted by Gasteiger charge is -2.35. The molecule has 0 amide bonds. The van der Waals surface area contributed by atoms with Crippen LogP contribution in [0.4, 0.5) is 4.39 Å². The maximum Gasteiger partial charge on any atom is 0.165 e. The first-order valence-corrected chi connectivity index (χ1v) is 10.8. The van der Waals surface area contributed by atoms with Gasteiger partial charge in [0, 0.05) is 24.6 Å². The van der Waals surface area contributed by atoms with Crippen LogP contribution in [0.2, 0.25) is 0 Å². The van der Waals surface area contributed by atoms with Crippen LogP contribution in [0.25, 0.3) is 0 Å². The molecule has 31 heavy (non-hydrogen) atoms. The second-order valence-corrected chi connectivity index (χ2v) is 8.65. The Bertz CT molecular complexity index is 1040. The maximum atomic E-state index is 13.7. The summed E-state index contributed by atoms with van der Waals surface area (Å²) in [6, 6.07) is 20.2.